The zero-order valence-corrected chi connectivity index (χ0v) is 17.5. The Labute approximate surface area is 181 Å². The lowest BCUT2D eigenvalue weighted by Gasteiger charge is -2.21. The molecular weight excluding hydrogens is 390 g/mol. The third-order valence-electron chi connectivity index (χ3n) is 6.67. The number of nitrogens with two attached hydrogens (primary N) is 1. The normalized spacial score (nSPS) is 21.0. The Kier molecular flexibility index (Phi) is 5.24. The highest BCUT2D eigenvalue weighted by Gasteiger charge is 2.42. The van der Waals surface area contributed by atoms with Crippen LogP contribution in [0.1, 0.15) is 32.9 Å². The summed E-state index contributed by atoms with van der Waals surface area (Å²) in [5, 5.41) is 0.599. The summed E-state index contributed by atoms with van der Waals surface area (Å²) in [6.07, 6.45) is 2.24. The molecule has 0 saturated carbocycles. The summed E-state index contributed by atoms with van der Waals surface area (Å²) in [4.78, 5) is 29.6. The highest BCUT2D eigenvalue weighted by molar-refractivity contribution is 6.13. The molecule has 6 nitrogen and oxygen atoms in total. The van der Waals surface area contributed by atoms with Gasteiger partial charge in [-0.05, 0) is 42.9 Å². The first kappa shape index (κ1) is 19.8. The molecule has 2 amide bonds. The predicted molar refractivity (Wildman–Crippen MR) is 119 cm³/mol. The van der Waals surface area contributed by atoms with Crippen LogP contribution in [0.3, 0.4) is 0 Å². The second-order valence-corrected chi connectivity index (χ2v) is 8.75. The number of amides is 2. The number of primary amides is 1. The third kappa shape index (κ3) is 3.83. The van der Waals surface area contributed by atoms with E-state index in [1.54, 1.807) is 12.1 Å². The fraction of sp³-hybridized carbons (Fsp3) is 0.360. The molecule has 6 heteroatoms. The van der Waals surface area contributed by atoms with Gasteiger partial charge in [0.1, 0.15) is 5.58 Å². The standard InChI is InChI=1S/C25H27N3O3/c26-24(29)22-20-10-4-5-11-21(20)31-23(22)25(30)28-15-18-13-27(14-19(18)16-28)12-6-9-17-7-2-1-3-8-17/h1-5,7-8,10-11,18-19H,6,9,12-16H2,(H2,26,29)/t18-,19?/m0/s1. The molecule has 2 N–H and O–H groups in total. The summed E-state index contributed by atoms with van der Waals surface area (Å²) in [5.74, 6) is 0.171. The first-order chi connectivity index (χ1) is 15.1. The zero-order valence-electron chi connectivity index (χ0n) is 17.5. The van der Waals surface area contributed by atoms with E-state index in [2.05, 4.69) is 35.2 Å². The van der Waals surface area contributed by atoms with Crippen LogP contribution in [0, 0.1) is 11.8 Å². The molecule has 160 valence electrons. The van der Waals surface area contributed by atoms with Gasteiger partial charge in [-0.2, -0.15) is 0 Å². The van der Waals surface area contributed by atoms with Crippen molar-refractivity contribution in [3.05, 3.63) is 71.5 Å². The van der Waals surface area contributed by atoms with Crippen LogP contribution in [0.5, 0.6) is 0 Å². The van der Waals surface area contributed by atoms with Crippen molar-refractivity contribution >= 4 is 22.8 Å². The van der Waals surface area contributed by atoms with Gasteiger partial charge in [0, 0.05) is 31.6 Å². The number of fused-ring (bicyclic) bond motifs is 2. The molecule has 1 unspecified atom stereocenters. The highest BCUT2D eigenvalue weighted by Crippen LogP contribution is 2.34. The van der Waals surface area contributed by atoms with E-state index in [9.17, 15) is 9.59 Å². The average Bonchev–Trinajstić information content (AvgIpc) is 3.45. The Hall–Kier alpha value is -3.12. The van der Waals surface area contributed by atoms with Crippen LogP contribution < -0.4 is 5.73 Å². The number of nitrogens with zero attached hydrogens (tertiary/aromatic N) is 2. The predicted octanol–water partition coefficient (Wildman–Crippen LogP) is 3.17. The Morgan fingerprint density at radius 1 is 0.935 bits per heavy atom. The largest absolute Gasteiger partial charge is 0.450 e. The van der Waals surface area contributed by atoms with Gasteiger partial charge in [-0.15, -0.1) is 0 Å². The SMILES string of the molecule is NC(=O)c1c(C(=O)N2CC3CN(CCCc4ccccc4)C[C@H]3C2)oc2ccccc12. The summed E-state index contributed by atoms with van der Waals surface area (Å²) in [6.45, 7) is 4.53. The first-order valence-corrected chi connectivity index (χ1v) is 11.0. The van der Waals surface area contributed by atoms with Gasteiger partial charge in [0.25, 0.3) is 11.8 Å². The smallest absolute Gasteiger partial charge is 0.290 e. The van der Waals surface area contributed by atoms with E-state index in [0.29, 0.717) is 35.9 Å². The molecule has 0 radical (unpaired) electrons. The summed E-state index contributed by atoms with van der Waals surface area (Å²) in [6, 6.07) is 17.7. The number of aryl methyl sites for hydroxylation is 1. The van der Waals surface area contributed by atoms with Gasteiger partial charge < -0.3 is 20.0 Å². The second-order valence-electron chi connectivity index (χ2n) is 8.75. The van der Waals surface area contributed by atoms with Gasteiger partial charge in [0.2, 0.25) is 5.76 Å². The van der Waals surface area contributed by atoms with Gasteiger partial charge in [0.05, 0.1) is 5.56 Å². The van der Waals surface area contributed by atoms with Gasteiger partial charge in [-0.1, -0.05) is 48.5 Å². The van der Waals surface area contributed by atoms with Gasteiger partial charge in [-0.25, -0.2) is 0 Å². The number of rotatable bonds is 6. The Morgan fingerprint density at radius 2 is 1.61 bits per heavy atom. The van der Waals surface area contributed by atoms with E-state index in [-0.39, 0.29) is 17.2 Å². The number of hydrogen-bond donors (Lipinski definition) is 1. The lowest BCUT2D eigenvalue weighted by molar-refractivity contribution is 0.0738. The van der Waals surface area contributed by atoms with E-state index in [4.69, 9.17) is 10.2 Å². The minimum absolute atomic E-state index is 0.0772. The number of furan rings is 1. The summed E-state index contributed by atoms with van der Waals surface area (Å²) in [7, 11) is 0. The van der Waals surface area contributed by atoms with E-state index in [1.807, 2.05) is 17.0 Å². The van der Waals surface area contributed by atoms with Crippen LogP contribution in [-0.2, 0) is 6.42 Å². The van der Waals surface area contributed by atoms with Gasteiger partial charge in [0.15, 0.2) is 0 Å². The van der Waals surface area contributed by atoms with Crippen molar-refractivity contribution in [3.63, 3.8) is 0 Å². The van der Waals surface area contributed by atoms with E-state index in [1.165, 1.54) is 5.56 Å². The molecular formula is C25H27N3O3. The first-order valence-electron chi connectivity index (χ1n) is 11.0. The van der Waals surface area contributed by atoms with Crippen molar-refractivity contribution in [2.75, 3.05) is 32.7 Å². The molecule has 2 atom stereocenters. The summed E-state index contributed by atoms with van der Waals surface area (Å²) < 4.78 is 5.77. The topological polar surface area (TPSA) is 79.8 Å². The Bertz CT molecular complexity index is 1090. The van der Waals surface area contributed by atoms with Crippen LogP contribution in [-0.4, -0.2) is 54.3 Å². The minimum atomic E-state index is -0.628. The lowest BCUT2D eigenvalue weighted by atomic mass is 10.0. The Morgan fingerprint density at radius 3 is 2.32 bits per heavy atom. The number of para-hydroxylation sites is 1. The Balaban J connectivity index is 1.21. The maximum Gasteiger partial charge on any atom is 0.290 e. The quantitative estimate of drug-likeness (QED) is 0.668. The summed E-state index contributed by atoms with van der Waals surface area (Å²) >= 11 is 0. The fourth-order valence-corrected chi connectivity index (χ4v) is 5.17. The van der Waals surface area contributed by atoms with Crippen molar-refractivity contribution in [3.8, 4) is 0 Å². The number of likely N-dealkylation sites (tertiary alicyclic amines) is 2. The van der Waals surface area contributed by atoms with Crippen LogP contribution in [0.4, 0.5) is 0 Å². The number of carbonyl (C=O) groups is 2. The van der Waals surface area contributed by atoms with E-state index in [0.717, 1.165) is 32.5 Å². The molecule has 2 saturated heterocycles. The molecule has 1 aromatic heterocycles. The van der Waals surface area contributed by atoms with Crippen LogP contribution >= 0.6 is 0 Å². The number of benzene rings is 2. The highest BCUT2D eigenvalue weighted by atomic mass is 16.3. The second kappa shape index (κ2) is 8.19. The number of carbonyl (C=O) groups excluding carboxylic acids is 2. The molecule has 0 bridgehead atoms. The van der Waals surface area contributed by atoms with Crippen molar-refractivity contribution in [1.82, 2.24) is 9.80 Å². The lowest BCUT2D eigenvalue weighted by Crippen LogP contribution is -2.34. The summed E-state index contributed by atoms with van der Waals surface area (Å²) in [5.41, 5.74) is 7.68. The zero-order chi connectivity index (χ0) is 21.4. The fourth-order valence-electron chi connectivity index (χ4n) is 5.17. The van der Waals surface area contributed by atoms with E-state index >= 15 is 0 Å². The molecule has 2 fully saturated rings. The van der Waals surface area contributed by atoms with Crippen molar-refractivity contribution < 1.29 is 14.0 Å². The molecule has 3 aromatic rings. The maximum absolute atomic E-state index is 13.2. The molecule has 5 rings (SSSR count). The number of hydrogen-bond acceptors (Lipinski definition) is 4. The van der Waals surface area contributed by atoms with Crippen molar-refractivity contribution in [2.24, 2.45) is 17.6 Å². The monoisotopic (exact) mass is 417 g/mol. The molecule has 2 aromatic carbocycles. The van der Waals surface area contributed by atoms with Crippen LogP contribution in [0.15, 0.2) is 59.0 Å². The van der Waals surface area contributed by atoms with Crippen molar-refractivity contribution in [2.45, 2.75) is 12.8 Å². The van der Waals surface area contributed by atoms with E-state index < -0.39 is 5.91 Å². The molecule has 3 heterocycles. The molecule has 2 aliphatic heterocycles. The average molecular weight is 418 g/mol. The van der Waals surface area contributed by atoms with Crippen molar-refractivity contribution in [1.29, 1.82) is 0 Å². The molecule has 31 heavy (non-hydrogen) atoms. The minimum Gasteiger partial charge on any atom is -0.450 e. The molecule has 0 spiro atoms. The van der Waals surface area contributed by atoms with Gasteiger partial charge >= 0.3 is 0 Å². The third-order valence-corrected chi connectivity index (χ3v) is 6.67. The van der Waals surface area contributed by atoms with Crippen LogP contribution in [0.2, 0.25) is 0 Å². The molecule has 2 aliphatic rings. The molecule has 0 aliphatic carbocycles. The maximum atomic E-state index is 13.2. The van der Waals surface area contributed by atoms with Gasteiger partial charge in [-0.3, -0.25) is 9.59 Å². The van der Waals surface area contributed by atoms with Crippen LogP contribution in [0.25, 0.3) is 11.0 Å².